The molecular formula is C25H23ClF3N5O2S2. The summed E-state index contributed by atoms with van der Waals surface area (Å²) in [5.74, 6) is 1.92. The van der Waals surface area contributed by atoms with E-state index in [0.717, 1.165) is 33.2 Å². The van der Waals surface area contributed by atoms with Gasteiger partial charge >= 0.3 is 6.18 Å². The normalized spacial score (nSPS) is 11.9. The van der Waals surface area contributed by atoms with Gasteiger partial charge in [0.1, 0.15) is 29.5 Å². The highest BCUT2D eigenvalue weighted by atomic mass is 35.5. The van der Waals surface area contributed by atoms with Crippen LogP contribution in [0.15, 0.2) is 65.8 Å². The molecule has 0 bridgehead atoms. The van der Waals surface area contributed by atoms with Gasteiger partial charge in [-0.15, -0.1) is 0 Å². The lowest BCUT2D eigenvalue weighted by Gasteiger charge is -2.25. The minimum absolute atomic E-state index is 0.177. The molecule has 0 spiro atoms. The molecule has 13 heteroatoms. The number of rotatable bonds is 10. The van der Waals surface area contributed by atoms with Crippen LogP contribution in [0.4, 0.5) is 30.4 Å². The highest BCUT2D eigenvalue weighted by Crippen LogP contribution is 2.31. The van der Waals surface area contributed by atoms with Crippen LogP contribution in [0, 0.1) is 0 Å². The Kier molecular flexibility index (Phi) is 9.08. The van der Waals surface area contributed by atoms with E-state index in [1.807, 2.05) is 53.4 Å². The Balaban J connectivity index is 1.72. The van der Waals surface area contributed by atoms with Crippen molar-refractivity contribution >= 4 is 49.7 Å². The number of aromatic nitrogens is 2. The molecular weight excluding hydrogens is 559 g/mol. The first-order chi connectivity index (χ1) is 18.2. The van der Waals surface area contributed by atoms with Crippen molar-refractivity contribution in [1.82, 2.24) is 9.36 Å². The number of anilines is 2. The third-order valence-electron chi connectivity index (χ3n) is 5.37. The number of pyridine rings is 1. The fourth-order valence-corrected chi connectivity index (χ4v) is 5.48. The molecule has 0 unspecified atom stereocenters. The molecule has 0 fully saturated rings. The van der Waals surface area contributed by atoms with Crippen molar-refractivity contribution in [1.29, 1.82) is 0 Å². The number of hydrogen-bond acceptors (Lipinski definition) is 9. The van der Waals surface area contributed by atoms with Gasteiger partial charge in [-0.2, -0.15) is 17.5 Å². The Morgan fingerprint density at radius 3 is 2.03 bits per heavy atom. The van der Waals surface area contributed by atoms with Gasteiger partial charge in [0.2, 0.25) is 0 Å². The summed E-state index contributed by atoms with van der Waals surface area (Å²) in [6.07, 6.45) is -2.99. The smallest absolute Gasteiger partial charge is 0.405 e. The number of methoxy groups -OCH3 is 2. The molecule has 7 nitrogen and oxygen atoms in total. The van der Waals surface area contributed by atoms with Crippen molar-refractivity contribution in [3.05, 3.63) is 81.7 Å². The van der Waals surface area contributed by atoms with Crippen molar-refractivity contribution in [2.45, 2.75) is 19.3 Å². The second-order valence-corrected chi connectivity index (χ2v) is 10.2. The molecule has 2 aromatic heterocycles. The number of alkyl halides is 3. The van der Waals surface area contributed by atoms with Crippen LogP contribution in [0.5, 0.6) is 11.5 Å². The molecule has 0 aliphatic rings. The quantitative estimate of drug-likeness (QED) is 0.211. The zero-order valence-electron chi connectivity index (χ0n) is 20.3. The first-order valence-electron chi connectivity index (χ1n) is 11.2. The Labute approximate surface area is 229 Å². The Bertz CT molecular complexity index is 1360. The zero-order valence-corrected chi connectivity index (χ0v) is 22.7. The van der Waals surface area contributed by atoms with Crippen molar-refractivity contribution in [3.63, 3.8) is 0 Å². The molecule has 0 atom stereocenters. The molecule has 0 saturated heterocycles. The summed E-state index contributed by atoms with van der Waals surface area (Å²) in [5.41, 5.74) is 2.34. The third kappa shape index (κ3) is 7.59. The topological polar surface area (TPSA) is 71.9 Å². The van der Waals surface area contributed by atoms with Gasteiger partial charge in [-0.25, -0.2) is 9.98 Å². The van der Waals surface area contributed by atoms with Crippen LogP contribution >= 0.6 is 32.5 Å². The van der Waals surface area contributed by atoms with Gasteiger partial charge in [0.05, 0.1) is 26.1 Å². The van der Waals surface area contributed by atoms with E-state index >= 15 is 0 Å². The number of nitrogens with zero attached hydrogens (tertiary/aromatic N) is 4. The van der Waals surface area contributed by atoms with Crippen molar-refractivity contribution in [3.8, 4) is 11.5 Å². The van der Waals surface area contributed by atoms with Crippen LogP contribution in [-0.2, 0) is 13.1 Å². The number of ether oxygens (including phenoxy) is 2. The van der Waals surface area contributed by atoms with Gasteiger partial charge in [0, 0.05) is 29.7 Å². The minimum Gasteiger partial charge on any atom is -0.497 e. The second kappa shape index (κ2) is 12.5. The SMILES string of the molecule is COc1ccc(CN(Cc2ccc(OC)cc2)c2cc(NCC(F)(F)F)c(N=c3ssnc3Cl)cn2)cc1. The molecule has 2 aromatic carbocycles. The lowest BCUT2D eigenvalue weighted by Crippen LogP contribution is -2.24. The molecule has 0 aliphatic heterocycles. The van der Waals surface area contributed by atoms with E-state index in [-0.39, 0.29) is 16.5 Å². The van der Waals surface area contributed by atoms with Crippen molar-refractivity contribution in [2.75, 3.05) is 31.0 Å². The maximum Gasteiger partial charge on any atom is 0.405 e. The Morgan fingerprint density at radius 1 is 0.974 bits per heavy atom. The first-order valence-corrected chi connectivity index (χ1v) is 13.7. The third-order valence-corrected chi connectivity index (χ3v) is 7.54. The van der Waals surface area contributed by atoms with Crippen molar-refractivity contribution < 1.29 is 22.6 Å². The average molecular weight is 582 g/mol. The molecule has 4 rings (SSSR count). The van der Waals surface area contributed by atoms with Crippen LogP contribution in [0.1, 0.15) is 11.1 Å². The van der Waals surface area contributed by atoms with Gasteiger partial charge in [-0.1, -0.05) is 35.9 Å². The van der Waals surface area contributed by atoms with Gasteiger partial charge < -0.3 is 19.7 Å². The van der Waals surface area contributed by atoms with Crippen LogP contribution < -0.4 is 24.4 Å². The van der Waals surface area contributed by atoms with Crippen LogP contribution in [0.3, 0.4) is 0 Å². The largest absolute Gasteiger partial charge is 0.497 e. The molecule has 0 aliphatic carbocycles. The Hall–Kier alpha value is -3.35. The summed E-state index contributed by atoms with van der Waals surface area (Å²) in [7, 11) is 5.55. The highest BCUT2D eigenvalue weighted by Gasteiger charge is 2.27. The Morgan fingerprint density at radius 2 is 1.55 bits per heavy atom. The summed E-state index contributed by atoms with van der Waals surface area (Å²) in [4.78, 5) is 10.9. The molecule has 0 saturated carbocycles. The van der Waals surface area contributed by atoms with Gasteiger partial charge in [0.15, 0.2) is 9.82 Å². The summed E-state index contributed by atoms with van der Waals surface area (Å²) in [6, 6.07) is 16.7. The van der Waals surface area contributed by atoms with Gasteiger partial charge in [-0.05, 0) is 45.7 Å². The maximum atomic E-state index is 13.1. The molecule has 0 radical (unpaired) electrons. The zero-order chi connectivity index (χ0) is 27.1. The monoisotopic (exact) mass is 581 g/mol. The molecule has 4 aromatic rings. The summed E-state index contributed by atoms with van der Waals surface area (Å²) in [6.45, 7) is -0.337. The van der Waals surface area contributed by atoms with Crippen LogP contribution in [0.25, 0.3) is 0 Å². The number of hydrogen-bond donors (Lipinski definition) is 1. The van der Waals surface area contributed by atoms with E-state index in [1.165, 1.54) is 16.5 Å². The first kappa shape index (κ1) is 27.7. The molecule has 1 N–H and O–H groups in total. The van der Waals surface area contributed by atoms with E-state index < -0.39 is 12.7 Å². The van der Waals surface area contributed by atoms with E-state index in [2.05, 4.69) is 19.7 Å². The highest BCUT2D eigenvalue weighted by molar-refractivity contribution is 7.66. The van der Waals surface area contributed by atoms with Gasteiger partial charge in [-0.3, -0.25) is 0 Å². The summed E-state index contributed by atoms with van der Waals surface area (Å²) >= 11 is 6.07. The molecule has 38 heavy (non-hydrogen) atoms. The molecule has 0 amide bonds. The number of benzene rings is 2. The predicted molar refractivity (Wildman–Crippen MR) is 145 cm³/mol. The standard InChI is InChI=1S/C25H23ClF3N5O2S2/c1-35-18-7-3-16(4-8-18)13-34(14-17-5-9-19(36-2)10-6-17)22-11-20(31-15-25(27,28)29)21(12-30-22)32-24-23(26)33-38-37-24/h3-12H,13-15H2,1-2H3,(H,30,31). The van der Waals surface area contributed by atoms with Gasteiger partial charge in [0.25, 0.3) is 0 Å². The lowest BCUT2D eigenvalue weighted by atomic mass is 10.1. The van der Waals surface area contributed by atoms with Crippen LogP contribution in [-0.4, -0.2) is 36.3 Å². The van der Waals surface area contributed by atoms with E-state index in [1.54, 1.807) is 20.3 Å². The average Bonchev–Trinajstić information content (AvgIpc) is 3.32. The van der Waals surface area contributed by atoms with Crippen molar-refractivity contribution in [2.24, 2.45) is 4.99 Å². The van der Waals surface area contributed by atoms with E-state index in [0.29, 0.717) is 23.6 Å². The molecule has 200 valence electrons. The number of nitrogens with one attached hydrogen (secondary N) is 1. The predicted octanol–water partition coefficient (Wildman–Crippen LogP) is 6.68. The van der Waals surface area contributed by atoms with E-state index in [9.17, 15) is 13.2 Å². The number of halogens is 4. The fraction of sp³-hybridized carbons (Fsp3) is 0.240. The fourth-order valence-electron chi connectivity index (χ4n) is 3.49. The minimum atomic E-state index is -4.42. The van der Waals surface area contributed by atoms with E-state index in [4.69, 9.17) is 21.1 Å². The maximum absolute atomic E-state index is 13.1. The summed E-state index contributed by atoms with van der Waals surface area (Å²) < 4.78 is 54.2. The molecule has 2 heterocycles. The lowest BCUT2D eigenvalue weighted by molar-refractivity contribution is -0.115. The summed E-state index contributed by atoms with van der Waals surface area (Å²) in [5, 5.41) is 2.65. The van der Waals surface area contributed by atoms with Crippen LogP contribution in [0.2, 0.25) is 5.15 Å². The second-order valence-electron chi connectivity index (χ2n) is 8.04.